The Hall–Kier alpha value is -1.34. The van der Waals surface area contributed by atoms with Crippen molar-refractivity contribution >= 4 is 0 Å². The van der Waals surface area contributed by atoms with Gasteiger partial charge in [-0.3, -0.25) is 4.90 Å². The van der Waals surface area contributed by atoms with Crippen molar-refractivity contribution in [3.8, 4) is 5.88 Å². The van der Waals surface area contributed by atoms with Crippen LogP contribution >= 0.6 is 0 Å². The highest BCUT2D eigenvalue weighted by molar-refractivity contribution is 5.32. The number of ether oxygens (including phenoxy) is 1. The van der Waals surface area contributed by atoms with Crippen LogP contribution in [0.5, 0.6) is 5.88 Å². The van der Waals surface area contributed by atoms with Crippen molar-refractivity contribution < 1.29 is 17.9 Å². The van der Waals surface area contributed by atoms with Gasteiger partial charge in [-0.05, 0) is 25.1 Å². The third-order valence-corrected chi connectivity index (χ3v) is 3.86. The molecule has 0 aromatic carbocycles. The van der Waals surface area contributed by atoms with Crippen molar-refractivity contribution in [1.29, 1.82) is 0 Å². The van der Waals surface area contributed by atoms with Crippen LogP contribution in [0, 0.1) is 0 Å². The Morgan fingerprint density at radius 3 is 2.50 bits per heavy atom. The Labute approximate surface area is 128 Å². The zero-order valence-corrected chi connectivity index (χ0v) is 13.0. The standard InChI is InChI=1S/C15H22F3N3O/c1-3-12-10-13(15(16,17)18)14(19-11-12)22-9-8-21-6-4-20(2)5-7-21/h10-11H,3-9H2,1-2H3. The molecule has 4 nitrogen and oxygen atoms in total. The van der Waals surface area contributed by atoms with Crippen LogP contribution in [0.25, 0.3) is 0 Å². The van der Waals surface area contributed by atoms with E-state index in [0.29, 0.717) is 18.5 Å². The number of rotatable bonds is 5. The highest BCUT2D eigenvalue weighted by Gasteiger charge is 2.35. The minimum atomic E-state index is -4.44. The maximum Gasteiger partial charge on any atom is 0.421 e. The van der Waals surface area contributed by atoms with Crippen LogP contribution in [-0.2, 0) is 12.6 Å². The van der Waals surface area contributed by atoms with Crippen LogP contribution in [0.2, 0.25) is 0 Å². The lowest BCUT2D eigenvalue weighted by atomic mass is 10.1. The SMILES string of the molecule is CCc1cnc(OCCN2CCN(C)CC2)c(C(F)(F)F)c1. The second-order valence-corrected chi connectivity index (χ2v) is 5.54. The Morgan fingerprint density at radius 1 is 1.23 bits per heavy atom. The van der Waals surface area contributed by atoms with Crippen LogP contribution in [0.15, 0.2) is 12.3 Å². The predicted octanol–water partition coefficient (Wildman–Crippen LogP) is 2.29. The molecule has 1 aliphatic rings. The number of piperazine rings is 1. The van der Waals surface area contributed by atoms with Gasteiger partial charge in [0, 0.05) is 38.9 Å². The molecule has 1 saturated heterocycles. The lowest BCUT2D eigenvalue weighted by Crippen LogP contribution is -2.45. The van der Waals surface area contributed by atoms with E-state index in [2.05, 4.69) is 21.8 Å². The van der Waals surface area contributed by atoms with Gasteiger partial charge in [-0.2, -0.15) is 13.2 Å². The van der Waals surface area contributed by atoms with Gasteiger partial charge in [0.25, 0.3) is 0 Å². The van der Waals surface area contributed by atoms with E-state index in [-0.39, 0.29) is 12.5 Å². The van der Waals surface area contributed by atoms with E-state index in [9.17, 15) is 13.2 Å². The van der Waals surface area contributed by atoms with E-state index in [1.165, 1.54) is 6.20 Å². The molecule has 124 valence electrons. The molecule has 7 heteroatoms. The Bertz CT molecular complexity index is 485. The van der Waals surface area contributed by atoms with Gasteiger partial charge >= 0.3 is 6.18 Å². The molecule has 1 aromatic rings. The van der Waals surface area contributed by atoms with Crippen LogP contribution < -0.4 is 4.74 Å². The quantitative estimate of drug-likeness (QED) is 0.833. The molecule has 0 atom stereocenters. The van der Waals surface area contributed by atoms with Gasteiger partial charge in [-0.1, -0.05) is 6.92 Å². The lowest BCUT2D eigenvalue weighted by Gasteiger charge is -2.32. The van der Waals surface area contributed by atoms with Gasteiger partial charge < -0.3 is 9.64 Å². The number of halogens is 3. The lowest BCUT2D eigenvalue weighted by molar-refractivity contribution is -0.139. The molecule has 0 bridgehead atoms. The zero-order valence-electron chi connectivity index (χ0n) is 13.0. The fourth-order valence-corrected chi connectivity index (χ4v) is 2.35. The second-order valence-electron chi connectivity index (χ2n) is 5.54. The first kappa shape index (κ1) is 17.0. The van der Waals surface area contributed by atoms with E-state index in [0.717, 1.165) is 32.2 Å². The first-order valence-electron chi connectivity index (χ1n) is 7.50. The third-order valence-electron chi connectivity index (χ3n) is 3.86. The summed E-state index contributed by atoms with van der Waals surface area (Å²) < 4.78 is 44.5. The first-order valence-corrected chi connectivity index (χ1v) is 7.50. The molecule has 22 heavy (non-hydrogen) atoms. The molecule has 0 unspecified atom stereocenters. The van der Waals surface area contributed by atoms with Crippen molar-refractivity contribution in [3.05, 3.63) is 23.4 Å². The summed E-state index contributed by atoms with van der Waals surface area (Å²) in [5.74, 6) is -0.321. The van der Waals surface area contributed by atoms with Crippen LogP contribution in [-0.4, -0.2) is 61.2 Å². The molecule has 2 rings (SSSR count). The predicted molar refractivity (Wildman–Crippen MR) is 78.0 cm³/mol. The summed E-state index contributed by atoms with van der Waals surface area (Å²) in [5.41, 5.74) is -0.232. The van der Waals surface area contributed by atoms with E-state index in [1.807, 2.05) is 0 Å². The minimum Gasteiger partial charge on any atom is -0.476 e. The van der Waals surface area contributed by atoms with Gasteiger partial charge in [-0.15, -0.1) is 0 Å². The summed E-state index contributed by atoms with van der Waals surface area (Å²) in [6.07, 6.45) is -2.49. The Morgan fingerprint density at radius 2 is 1.91 bits per heavy atom. The smallest absolute Gasteiger partial charge is 0.421 e. The Balaban J connectivity index is 1.94. The van der Waals surface area contributed by atoms with Crippen molar-refractivity contribution in [2.24, 2.45) is 0 Å². The van der Waals surface area contributed by atoms with Gasteiger partial charge in [0.05, 0.1) is 0 Å². The molecule has 2 heterocycles. The van der Waals surface area contributed by atoms with Gasteiger partial charge in [0.1, 0.15) is 12.2 Å². The summed E-state index contributed by atoms with van der Waals surface area (Å²) >= 11 is 0. The molecule has 0 spiro atoms. The fourth-order valence-electron chi connectivity index (χ4n) is 2.35. The van der Waals surface area contributed by atoms with Gasteiger partial charge in [0.15, 0.2) is 0 Å². The molecule has 1 aliphatic heterocycles. The average molecular weight is 317 g/mol. The summed E-state index contributed by atoms with van der Waals surface area (Å²) in [5, 5.41) is 0. The minimum absolute atomic E-state index is 0.214. The molecule has 0 saturated carbocycles. The maximum atomic E-state index is 13.1. The molecule has 0 aliphatic carbocycles. The largest absolute Gasteiger partial charge is 0.476 e. The normalized spacial score (nSPS) is 17.7. The average Bonchev–Trinajstić information content (AvgIpc) is 2.48. The summed E-state index contributed by atoms with van der Waals surface area (Å²) in [7, 11) is 2.06. The fraction of sp³-hybridized carbons (Fsp3) is 0.667. The zero-order chi connectivity index (χ0) is 16.2. The highest BCUT2D eigenvalue weighted by atomic mass is 19.4. The molecule has 0 radical (unpaired) electrons. The number of hydrogen-bond acceptors (Lipinski definition) is 4. The molecular formula is C15H22F3N3O. The number of aromatic nitrogens is 1. The van der Waals surface area contributed by atoms with E-state index in [1.54, 1.807) is 6.92 Å². The molecule has 0 N–H and O–H groups in total. The number of nitrogens with zero attached hydrogens (tertiary/aromatic N) is 3. The van der Waals surface area contributed by atoms with Crippen molar-refractivity contribution in [2.45, 2.75) is 19.5 Å². The van der Waals surface area contributed by atoms with Crippen LogP contribution in [0.3, 0.4) is 0 Å². The topological polar surface area (TPSA) is 28.6 Å². The highest BCUT2D eigenvalue weighted by Crippen LogP contribution is 2.35. The third kappa shape index (κ3) is 4.58. The van der Waals surface area contributed by atoms with E-state index >= 15 is 0 Å². The molecular weight excluding hydrogens is 295 g/mol. The van der Waals surface area contributed by atoms with Crippen LogP contribution in [0.4, 0.5) is 13.2 Å². The van der Waals surface area contributed by atoms with E-state index < -0.39 is 11.7 Å². The molecule has 0 amide bonds. The van der Waals surface area contributed by atoms with Crippen LogP contribution in [0.1, 0.15) is 18.1 Å². The number of pyridine rings is 1. The monoisotopic (exact) mass is 317 g/mol. The number of likely N-dealkylation sites (N-methyl/N-ethyl adjacent to an activating group) is 1. The second kappa shape index (κ2) is 7.28. The summed E-state index contributed by atoms with van der Waals surface area (Å²) in [6, 6.07) is 1.12. The molecule has 1 aromatic heterocycles. The van der Waals surface area contributed by atoms with Crippen molar-refractivity contribution in [1.82, 2.24) is 14.8 Å². The maximum absolute atomic E-state index is 13.1. The number of aryl methyl sites for hydroxylation is 1. The van der Waals surface area contributed by atoms with Gasteiger partial charge in [0.2, 0.25) is 5.88 Å². The van der Waals surface area contributed by atoms with Crippen molar-refractivity contribution in [2.75, 3.05) is 46.4 Å². The first-order chi connectivity index (χ1) is 10.4. The van der Waals surface area contributed by atoms with E-state index in [4.69, 9.17) is 4.74 Å². The Kier molecular flexibility index (Phi) is 5.63. The number of alkyl halides is 3. The van der Waals surface area contributed by atoms with Crippen molar-refractivity contribution in [3.63, 3.8) is 0 Å². The molecule has 1 fully saturated rings. The van der Waals surface area contributed by atoms with Gasteiger partial charge in [-0.25, -0.2) is 4.98 Å². The summed E-state index contributed by atoms with van der Waals surface area (Å²) in [6.45, 7) is 6.38. The number of hydrogen-bond donors (Lipinski definition) is 0. The summed E-state index contributed by atoms with van der Waals surface area (Å²) in [4.78, 5) is 8.26.